The van der Waals surface area contributed by atoms with E-state index >= 15 is 0 Å². The highest BCUT2D eigenvalue weighted by molar-refractivity contribution is 7.12. The zero-order valence-electron chi connectivity index (χ0n) is 13.9. The first-order valence-corrected chi connectivity index (χ1v) is 9.56. The van der Waals surface area contributed by atoms with Gasteiger partial charge in [-0.1, -0.05) is 6.07 Å². The molecule has 3 heterocycles. The minimum absolute atomic E-state index is 0.0145. The van der Waals surface area contributed by atoms with Crippen molar-refractivity contribution in [2.75, 3.05) is 45.9 Å². The van der Waals surface area contributed by atoms with Crippen LogP contribution in [-0.2, 0) is 9.53 Å². The van der Waals surface area contributed by atoms with E-state index in [0.717, 1.165) is 52.1 Å². The molecule has 132 valence electrons. The quantitative estimate of drug-likeness (QED) is 0.782. The van der Waals surface area contributed by atoms with Crippen LogP contribution >= 0.6 is 11.3 Å². The summed E-state index contributed by atoms with van der Waals surface area (Å²) in [6.07, 6.45) is 2.58. The number of thiophene rings is 1. The van der Waals surface area contributed by atoms with Crippen LogP contribution in [0.25, 0.3) is 0 Å². The molecule has 2 amide bonds. The maximum Gasteiger partial charge on any atom is 0.264 e. The van der Waals surface area contributed by atoms with Crippen LogP contribution in [0.2, 0.25) is 0 Å². The topological polar surface area (TPSA) is 61.9 Å². The summed E-state index contributed by atoms with van der Waals surface area (Å²) in [5.74, 6) is -0.0321. The lowest BCUT2D eigenvalue weighted by Crippen LogP contribution is -2.46. The third kappa shape index (κ3) is 4.34. The molecule has 0 aromatic carbocycles. The zero-order valence-corrected chi connectivity index (χ0v) is 14.7. The van der Waals surface area contributed by atoms with Gasteiger partial charge in [0.2, 0.25) is 5.91 Å². The number of carbonyl (C=O) groups excluding carboxylic acids is 2. The second kappa shape index (κ2) is 8.60. The lowest BCUT2D eigenvalue weighted by atomic mass is 10.2. The molecule has 2 fully saturated rings. The van der Waals surface area contributed by atoms with Gasteiger partial charge in [-0.05, 0) is 37.3 Å². The minimum Gasteiger partial charge on any atom is -0.379 e. The Bertz CT molecular complexity index is 543. The van der Waals surface area contributed by atoms with Crippen LogP contribution in [-0.4, -0.2) is 73.6 Å². The summed E-state index contributed by atoms with van der Waals surface area (Å²) in [7, 11) is 0. The molecule has 1 aromatic heterocycles. The van der Waals surface area contributed by atoms with E-state index in [1.807, 2.05) is 17.5 Å². The summed E-state index contributed by atoms with van der Waals surface area (Å²) in [5.41, 5.74) is 0. The van der Waals surface area contributed by atoms with Gasteiger partial charge in [-0.3, -0.25) is 14.5 Å². The van der Waals surface area contributed by atoms with Gasteiger partial charge in [-0.2, -0.15) is 0 Å². The van der Waals surface area contributed by atoms with Gasteiger partial charge in [-0.25, -0.2) is 0 Å². The normalized spacial score (nSPS) is 21.8. The van der Waals surface area contributed by atoms with Gasteiger partial charge in [0.05, 0.1) is 18.1 Å². The first kappa shape index (κ1) is 17.4. The van der Waals surface area contributed by atoms with E-state index in [1.54, 1.807) is 4.90 Å². The average molecular weight is 351 g/mol. The maximum absolute atomic E-state index is 12.5. The number of nitrogens with one attached hydrogen (secondary N) is 1. The van der Waals surface area contributed by atoms with Crippen LogP contribution in [0.5, 0.6) is 0 Å². The number of carbonyl (C=O) groups is 2. The Balaban J connectivity index is 1.42. The summed E-state index contributed by atoms with van der Waals surface area (Å²) in [4.78, 5) is 29.7. The highest BCUT2D eigenvalue weighted by Gasteiger charge is 2.34. The highest BCUT2D eigenvalue weighted by Crippen LogP contribution is 2.22. The molecule has 0 saturated carbocycles. The van der Waals surface area contributed by atoms with E-state index in [1.165, 1.54) is 11.3 Å². The van der Waals surface area contributed by atoms with Crippen molar-refractivity contribution in [3.8, 4) is 0 Å². The molecule has 1 atom stereocenters. The fourth-order valence-electron chi connectivity index (χ4n) is 3.28. The van der Waals surface area contributed by atoms with Crippen LogP contribution in [0, 0.1) is 0 Å². The van der Waals surface area contributed by atoms with Crippen LogP contribution in [0.1, 0.15) is 28.9 Å². The van der Waals surface area contributed by atoms with Gasteiger partial charge in [0.1, 0.15) is 6.04 Å². The number of morpholine rings is 1. The number of rotatable bonds is 6. The third-order valence-corrected chi connectivity index (χ3v) is 5.46. The lowest BCUT2D eigenvalue weighted by Gasteiger charge is -2.27. The molecule has 2 aliphatic rings. The van der Waals surface area contributed by atoms with E-state index in [-0.39, 0.29) is 17.9 Å². The Kier molecular flexibility index (Phi) is 6.23. The predicted octanol–water partition coefficient (Wildman–Crippen LogP) is 1.19. The standard InChI is InChI=1S/C17H25N3O3S/c21-16(18-6-3-7-19-9-11-23-12-10-19)14-4-1-8-20(14)17(22)15-5-2-13-24-15/h2,5,13-14H,1,3-4,6-12H2,(H,18,21). The third-order valence-electron chi connectivity index (χ3n) is 4.60. The highest BCUT2D eigenvalue weighted by atomic mass is 32.1. The number of nitrogens with zero attached hydrogens (tertiary/aromatic N) is 2. The Hall–Kier alpha value is -1.44. The first-order chi connectivity index (χ1) is 11.8. The van der Waals surface area contributed by atoms with Crippen LogP contribution < -0.4 is 5.32 Å². The first-order valence-electron chi connectivity index (χ1n) is 8.68. The summed E-state index contributed by atoms with van der Waals surface area (Å²) < 4.78 is 5.33. The summed E-state index contributed by atoms with van der Waals surface area (Å²) in [6, 6.07) is 3.38. The zero-order chi connectivity index (χ0) is 16.8. The smallest absolute Gasteiger partial charge is 0.264 e. The van der Waals surface area contributed by atoms with Crippen molar-refractivity contribution >= 4 is 23.2 Å². The Morgan fingerprint density at radius 2 is 2.12 bits per heavy atom. The van der Waals surface area contributed by atoms with Crippen molar-refractivity contribution in [2.24, 2.45) is 0 Å². The monoisotopic (exact) mass is 351 g/mol. The molecule has 7 heteroatoms. The summed E-state index contributed by atoms with van der Waals surface area (Å²) >= 11 is 1.43. The molecule has 0 bridgehead atoms. The SMILES string of the molecule is O=C(NCCCN1CCOCC1)C1CCCN1C(=O)c1cccs1. The summed E-state index contributed by atoms with van der Waals surface area (Å²) in [6.45, 7) is 5.85. The van der Waals surface area contributed by atoms with Crippen LogP contribution in [0.4, 0.5) is 0 Å². The van der Waals surface area contributed by atoms with E-state index in [0.29, 0.717) is 18.0 Å². The van der Waals surface area contributed by atoms with Gasteiger partial charge < -0.3 is 15.0 Å². The van der Waals surface area contributed by atoms with Crippen LogP contribution in [0.15, 0.2) is 17.5 Å². The number of hydrogen-bond donors (Lipinski definition) is 1. The predicted molar refractivity (Wildman–Crippen MR) is 93.3 cm³/mol. The van der Waals surface area contributed by atoms with Crippen molar-refractivity contribution in [1.29, 1.82) is 0 Å². The second-order valence-electron chi connectivity index (χ2n) is 6.23. The Morgan fingerprint density at radius 3 is 2.88 bits per heavy atom. The molecule has 3 rings (SSSR count). The largest absolute Gasteiger partial charge is 0.379 e. The molecule has 6 nitrogen and oxygen atoms in total. The van der Waals surface area contributed by atoms with Crippen molar-refractivity contribution in [3.05, 3.63) is 22.4 Å². The van der Waals surface area contributed by atoms with Crippen molar-refractivity contribution in [2.45, 2.75) is 25.3 Å². The molecule has 1 unspecified atom stereocenters. The molecule has 24 heavy (non-hydrogen) atoms. The molecule has 0 spiro atoms. The molecule has 1 aromatic rings. The van der Waals surface area contributed by atoms with E-state index in [2.05, 4.69) is 10.2 Å². The second-order valence-corrected chi connectivity index (χ2v) is 7.18. The molecule has 2 saturated heterocycles. The average Bonchev–Trinajstić information content (AvgIpc) is 3.30. The molecular weight excluding hydrogens is 326 g/mol. The molecule has 2 aliphatic heterocycles. The number of hydrogen-bond acceptors (Lipinski definition) is 5. The van der Waals surface area contributed by atoms with Gasteiger partial charge >= 0.3 is 0 Å². The molecule has 1 N–H and O–H groups in total. The van der Waals surface area contributed by atoms with E-state index in [4.69, 9.17) is 4.74 Å². The molecular formula is C17H25N3O3S. The maximum atomic E-state index is 12.5. The molecule has 0 aliphatic carbocycles. The Morgan fingerprint density at radius 1 is 1.29 bits per heavy atom. The number of likely N-dealkylation sites (tertiary alicyclic amines) is 1. The van der Waals surface area contributed by atoms with E-state index in [9.17, 15) is 9.59 Å². The van der Waals surface area contributed by atoms with Crippen molar-refractivity contribution < 1.29 is 14.3 Å². The minimum atomic E-state index is -0.317. The number of amides is 2. The van der Waals surface area contributed by atoms with Gasteiger partial charge in [0.15, 0.2) is 0 Å². The fraction of sp³-hybridized carbons (Fsp3) is 0.647. The van der Waals surface area contributed by atoms with Crippen molar-refractivity contribution in [3.63, 3.8) is 0 Å². The van der Waals surface area contributed by atoms with Gasteiger partial charge in [0, 0.05) is 26.2 Å². The van der Waals surface area contributed by atoms with Gasteiger partial charge in [0.25, 0.3) is 5.91 Å². The van der Waals surface area contributed by atoms with Gasteiger partial charge in [-0.15, -0.1) is 11.3 Å². The fourth-order valence-corrected chi connectivity index (χ4v) is 3.96. The summed E-state index contributed by atoms with van der Waals surface area (Å²) in [5, 5.41) is 4.90. The molecule has 0 radical (unpaired) electrons. The number of ether oxygens (including phenoxy) is 1. The van der Waals surface area contributed by atoms with Crippen LogP contribution in [0.3, 0.4) is 0 Å². The van der Waals surface area contributed by atoms with Crippen molar-refractivity contribution in [1.82, 2.24) is 15.1 Å². The Labute approximate surface area is 146 Å². The van der Waals surface area contributed by atoms with E-state index < -0.39 is 0 Å². The lowest BCUT2D eigenvalue weighted by molar-refractivity contribution is -0.124.